The number of hydrogen-bond donors (Lipinski definition) is 2. The number of carbonyl (C=O) groups is 2. The molecule has 0 saturated carbocycles. The van der Waals surface area contributed by atoms with E-state index >= 15 is 0 Å². The van der Waals surface area contributed by atoms with Crippen molar-refractivity contribution in [1.82, 2.24) is 15.2 Å². The van der Waals surface area contributed by atoms with Crippen molar-refractivity contribution >= 4 is 35.1 Å². The number of piperidine rings is 1. The number of carbonyl (C=O) groups excluding carboxylic acids is 2. The van der Waals surface area contributed by atoms with Gasteiger partial charge in [-0.1, -0.05) is 13.8 Å². The molecule has 0 aliphatic carbocycles. The Balaban J connectivity index is 1.60. The lowest BCUT2D eigenvalue weighted by Crippen LogP contribution is -2.45. The smallest absolute Gasteiger partial charge is 0.266 e. The molecule has 0 radical (unpaired) electrons. The van der Waals surface area contributed by atoms with Gasteiger partial charge in [0.2, 0.25) is 5.91 Å². The Morgan fingerprint density at radius 3 is 2.62 bits per heavy atom. The van der Waals surface area contributed by atoms with Gasteiger partial charge >= 0.3 is 0 Å². The third-order valence-electron chi connectivity index (χ3n) is 5.19. The molecule has 2 heterocycles. The summed E-state index contributed by atoms with van der Waals surface area (Å²) in [7, 11) is 0. The third kappa shape index (κ3) is 3.98. The average molecular weight is 375 g/mol. The second-order valence-corrected chi connectivity index (χ2v) is 7.70. The Bertz CT molecular complexity index is 862. The Labute approximate surface area is 157 Å². The quantitative estimate of drug-likeness (QED) is 0.802. The first kappa shape index (κ1) is 18.6. The molecule has 1 unspecified atom stereocenters. The van der Waals surface area contributed by atoms with Gasteiger partial charge in [0, 0.05) is 30.6 Å². The molecule has 7 heteroatoms. The standard InChI is InChI=1S/C19H25N3O3S/c1-11(2)12(3)20-17(23)13-6-8-22(9-7-13)18(24)14-4-5-15-16(10-14)25-19(26)21-15/h4-5,10-13H,6-9H2,1-3H3,(H,20,23)(H,21,26). The van der Waals surface area contributed by atoms with E-state index in [1.165, 1.54) is 0 Å². The Kier molecular flexibility index (Phi) is 5.46. The molecule has 1 fully saturated rings. The van der Waals surface area contributed by atoms with E-state index in [1.54, 1.807) is 23.1 Å². The van der Waals surface area contributed by atoms with Gasteiger partial charge in [0.1, 0.15) is 0 Å². The van der Waals surface area contributed by atoms with Gasteiger partial charge in [-0.25, -0.2) is 0 Å². The summed E-state index contributed by atoms with van der Waals surface area (Å²) in [5, 5.41) is 3.08. The first-order valence-corrected chi connectivity index (χ1v) is 9.48. The molecular weight excluding hydrogens is 350 g/mol. The van der Waals surface area contributed by atoms with Crippen molar-refractivity contribution in [2.45, 2.75) is 39.7 Å². The van der Waals surface area contributed by atoms with Crippen molar-refractivity contribution < 1.29 is 14.0 Å². The highest BCUT2D eigenvalue weighted by atomic mass is 32.1. The number of aromatic nitrogens is 1. The van der Waals surface area contributed by atoms with Gasteiger partial charge in [-0.05, 0) is 56.1 Å². The van der Waals surface area contributed by atoms with Crippen molar-refractivity contribution in [3.05, 3.63) is 28.6 Å². The lowest BCUT2D eigenvalue weighted by atomic mass is 9.94. The molecule has 1 saturated heterocycles. The molecule has 3 rings (SSSR count). The number of hydrogen-bond acceptors (Lipinski definition) is 4. The van der Waals surface area contributed by atoms with Crippen LogP contribution in [0.1, 0.15) is 44.0 Å². The molecule has 0 spiro atoms. The summed E-state index contributed by atoms with van der Waals surface area (Å²) in [4.78, 5) is 30.1. The zero-order chi connectivity index (χ0) is 18.8. The molecule has 1 aromatic heterocycles. The monoisotopic (exact) mass is 375 g/mol. The molecule has 2 N–H and O–H groups in total. The van der Waals surface area contributed by atoms with Crippen LogP contribution in [-0.4, -0.2) is 40.8 Å². The highest BCUT2D eigenvalue weighted by molar-refractivity contribution is 7.71. The lowest BCUT2D eigenvalue weighted by molar-refractivity contribution is -0.127. The molecular formula is C19H25N3O3S. The van der Waals surface area contributed by atoms with E-state index in [4.69, 9.17) is 16.6 Å². The minimum Gasteiger partial charge on any atom is -0.429 e. The number of oxazole rings is 1. The summed E-state index contributed by atoms with van der Waals surface area (Å²) in [6.45, 7) is 7.38. The van der Waals surface area contributed by atoms with Crippen LogP contribution in [0, 0.1) is 16.7 Å². The van der Waals surface area contributed by atoms with Crippen LogP contribution in [0.5, 0.6) is 0 Å². The second kappa shape index (κ2) is 7.61. The maximum absolute atomic E-state index is 12.7. The molecule has 1 aliphatic heterocycles. The van der Waals surface area contributed by atoms with E-state index in [9.17, 15) is 9.59 Å². The van der Waals surface area contributed by atoms with Gasteiger partial charge in [0.05, 0.1) is 5.52 Å². The minimum absolute atomic E-state index is 0.0230. The van der Waals surface area contributed by atoms with Crippen LogP contribution < -0.4 is 5.32 Å². The first-order valence-electron chi connectivity index (χ1n) is 9.07. The number of fused-ring (bicyclic) bond motifs is 1. The van der Waals surface area contributed by atoms with Crippen LogP contribution >= 0.6 is 12.2 Å². The molecule has 140 valence electrons. The Hall–Kier alpha value is -2.15. The van der Waals surface area contributed by atoms with Gasteiger partial charge in [0.25, 0.3) is 10.7 Å². The van der Waals surface area contributed by atoms with E-state index in [-0.39, 0.29) is 23.8 Å². The first-order chi connectivity index (χ1) is 12.3. The van der Waals surface area contributed by atoms with Gasteiger partial charge in [-0.15, -0.1) is 0 Å². The molecule has 0 bridgehead atoms. The lowest BCUT2D eigenvalue weighted by Gasteiger charge is -2.32. The summed E-state index contributed by atoms with van der Waals surface area (Å²) in [5.74, 6) is 0.447. The van der Waals surface area contributed by atoms with Crippen LogP contribution in [0.25, 0.3) is 11.1 Å². The highest BCUT2D eigenvalue weighted by Crippen LogP contribution is 2.22. The largest absolute Gasteiger partial charge is 0.429 e. The Morgan fingerprint density at radius 1 is 1.27 bits per heavy atom. The van der Waals surface area contributed by atoms with Crippen LogP contribution in [0.3, 0.4) is 0 Å². The van der Waals surface area contributed by atoms with Gasteiger partial charge < -0.3 is 19.6 Å². The van der Waals surface area contributed by atoms with Gasteiger partial charge in [-0.3, -0.25) is 9.59 Å². The summed E-state index contributed by atoms with van der Waals surface area (Å²) in [6.07, 6.45) is 1.38. The topological polar surface area (TPSA) is 78.3 Å². The normalized spacial score (nSPS) is 16.8. The molecule has 26 heavy (non-hydrogen) atoms. The van der Waals surface area contributed by atoms with Crippen molar-refractivity contribution in [3.63, 3.8) is 0 Å². The molecule has 2 aromatic rings. The van der Waals surface area contributed by atoms with Crippen LogP contribution in [0.2, 0.25) is 0 Å². The van der Waals surface area contributed by atoms with Crippen molar-refractivity contribution in [2.24, 2.45) is 11.8 Å². The zero-order valence-electron chi connectivity index (χ0n) is 15.4. The predicted molar refractivity (Wildman–Crippen MR) is 102 cm³/mol. The minimum atomic E-state index is -0.0383. The van der Waals surface area contributed by atoms with Crippen molar-refractivity contribution in [1.29, 1.82) is 0 Å². The van der Waals surface area contributed by atoms with Crippen molar-refractivity contribution in [3.8, 4) is 0 Å². The number of rotatable bonds is 4. The maximum atomic E-state index is 12.7. The highest BCUT2D eigenvalue weighted by Gasteiger charge is 2.28. The number of likely N-dealkylation sites (tertiary alicyclic amines) is 1. The summed E-state index contributed by atoms with van der Waals surface area (Å²) in [6, 6.07) is 5.45. The molecule has 1 aliphatic rings. The van der Waals surface area contributed by atoms with Gasteiger partial charge in [-0.2, -0.15) is 0 Å². The number of aromatic amines is 1. The van der Waals surface area contributed by atoms with Crippen LogP contribution in [0.4, 0.5) is 0 Å². The molecule has 1 aromatic carbocycles. The molecule has 2 amide bonds. The summed E-state index contributed by atoms with van der Waals surface area (Å²) < 4.78 is 5.39. The van der Waals surface area contributed by atoms with E-state index in [2.05, 4.69) is 24.1 Å². The van der Waals surface area contributed by atoms with Crippen LogP contribution in [-0.2, 0) is 4.79 Å². The molecule has 1 atom stereocenters. The maximum Gasteiger partial charge on any atom is 0.266 e. The third-order valence-corrected chi connectivity index (χ3v) is 5.38. The second-order valence-electron chi connectivity index (χ2n) is 7.33. The fourth-order valence-corrected chi connectivity index (χ4v) is 3.31. The van der Waals surface area contributed by atoms with Crippen molar-refractivity contribution in [2.75, 3.05) is 13.1 Å². The average Bonchev–Trinajstić information content (AvgIpc) is 3.00. The van der Waals surface area contributed by atoms with Gasteiger partial charge in [0.15, 0.2) is 5.58 Å². The van der Waals surface area contributed by atoms with E-state index in [0.29, 0.717) is 47.8 Å². The number of nitrogens with one attached hydrogen (secondary N) is 2. The number of amides is 2. The SMILES string of the molecule is CC(C)C(C)NC(=O)C1CCN(C(=O)c2ccc3[nH]c(=S)oc3c2)CC1. The fourth-order valence-electron chi connectivity index (χ4n) is 3.11. The van der Waals surface area contributed by atoms with E-state index in [0.717, 1.165) is 5.52 Å². The predicted octanol–water partition coefficient (Wildman–Crippen LogP) is 3.50. The fraction of sp³-hybridized carbons (Fsp3) is 0.526. The number of nitrogens with zero attached hydrogens (tertiary/aromatic N) is 1. The number of H-pyrrole nitrogens is 1. The van der Waals surface area contributed by atoms with Crippen LogP contribution in [0.15, 0.2) is 22.6 Å². The molecule has 6 nitrogen and oxygen atoms in total. The number of benzene rings is 1. The summed E-state index contributed by atoms with van der Waals surface area (Å²) in [5.41, 5.74) is 1.94. The Morgan fingerprint density at radius 2 is 1.96 bits per heavy atom. The zero-order valence-corrected chi connectivity index (χ0v) is 16.2. The van der Waals surface area contributed by atoms with E-state index in [1.807, 2.05) is 6.92 Å². The summed E-state index contributed by atoms with van der Waals surface area (Å²) >= 11 is 4.97. The van der Waals surface area contributed by atoms with E-state index < -0.39 is 0 Å².